The van der Waals surface area contributed by atoms with E-state index in [0.717, 1.165) is 22.4 Å². The molecule has 1 aliphatic rings. The number of unbranched alkanes of at least 4 members (excludes halogenated alkanes) is 1. The van der Waals surface area contributed by atoms with E-state index >= 15 is 0 Å². The molecule has 1 aromatic carbocycles. The smallest absolute Gasteiger partial charge is 0.364 e. The summed E-state index contributed by atoms with van der Waals surface area (Å²) >= 11 is 0. The number of aromatic nitrogens is 4. The molecule has 34 heavy (non-hydrogen) atoms. The summed E-state index contributed by atoms with van der Waals surface area (Å²) in [6.07, 6.45) is 0.811. The van der Waals surface area contributed by atoms with Crippen LogP contribution in [0, 0.1) is 0 Å². The molecule has 0 saturated carbocycles. The maximum atomic E-state index is 13.4. The molecule has 0 bridgehead atoms. The highest BCUT2D eigenvalue weighted by atomic mass is 16.5. The van der Waals surface area contributed by atoms with Crippen LogP contribution < -0.4 is 25.5 Å². The van der Waals surface area contributed by atoms with Crippen LogP contribution in [0.15, 0.2) is 33.9 Å². The number of β-amino-alcohol motifs (C(OH)–C–C–N with tert-alkyl or cyclic N) is 1. The fourth-order valence-corrected chi connectivity index (χ4v) is 4.14. The number of benzene rings is 1. The lowest BCUT2D eigenvalue weighted by Gasteiger charge is -2.25. The van der Waals surface area contributed by atoms with Crippen LogP contribution in [0.3, 0.4) is 0 Å². The molecule has 11 heteroatoms. The Morgan fingerprint density at radius 3 is 2.65 bits per heavy atom. The normalized spacial score (nSPS) is 15.4. The maximum absolute atomic E-state index is 13.4. The number of imidazole rings is 1. The van der Waals surface area contributed by atoms with Gasteiger partial charge in [-0.05, 0) is 37.6 Å². The number of esters is 1. The highest BCUT2D eigenvalue weighted by Gasteiger charge is 2.37. The second-order valence-corrected chi connectivity index (χ2v) is 8.25. The number of aryl methyl sites for hydroxylation is 1. The van der Waals surface area contributed by atoms with Crippen LogP contribution in [0.5, 0.6) is 5.75 Å². The molecule has 4 rings (SSSR count). The van der Waals surface area contributed by atoms with E-state index in [4.69, 9.17) is 9.47 Å². The molecule has 0 amide bonds. The Morgan fingerprint density at radius 1 is 1.24 bits per heavy atom. The molecule has 0 aliphatic carbocycles. The summed E-state index contributed by atoms with van der Waals surface area (Å²) < 4.78 is 14.5. The van der Waals surface area contributed by atoms with Crippen molar-refractivity contribution in [2.75, 3.05) is 24.7 Å². The van der Waals surface area contributed by atoms with Gasteiger partial charge in [-0.2, -0.15) is 0 Å². The number of carbonyl (C=O) groups excluding carboxylic acids is 1. The zero-order valence-electron chi connectivity index (χ0n) is 19.6. The van der Waals surface area contributed by atoms with Crippen molar-refractivity contribution in [3.05, 3.63) is 45.1 Å². The van der Waals surface area contributed by atoms with Crippen LogP contribution in [0.2, 0.25) is 0 Å². The lowest BCUT2D eigenvalue weighted by molar-refractivity contribution is -0.670. The molecule has 3 heterocycles. The van der Waals surface area contributed by atoms with Crippen molar-refractivity contribution < 1.29 is 23.9 Å². The molecule has 3 aromatic rings. The molecule has 0 saturated heterocycles. The van der Waals surface area contributed by atoms with Gasteiger partial charge >= 0.3 is 17.6 Å². The number of aliphatic hydroxyl groups excluding tert-OH is 1. The van der Waals surface area contributed by atoms with E-state index in [1.54, 1.807) is 4.57 Å². The minimum absolute atomic E-state index is 0.164. The van der Waals surface area contributed by atoms with Crippen molar-refractivity contribution in [3.63, 3.8) is 0 Å². The third-order valence-electron chi connectivity index (χ3n) is 5.83. The monoisotopic (exact) mass is 472 g/mol. The zero-order valence-corrected chi connectivity index (χ0v) is 19.6. The summed E-state index contributed by atoms with van der Waals surface area (Å²) in [6.45, 7) is 4.66. The second-order valence-electron chi connectivity index (χ2n) is 8.25. The highest BCUT2D eigenvalue weighted by Crippen LogP contribution is 2.28. The molecule has 0 spiro atoms. The standard InChI is InChI=1S/C23H29N5O6/c1-4-6-11-34-18(30)14-28-21(31)19-20(25(3)23(28)32)24-22-26(12-16(29)13-27(19)22)15-7-9-17(10-8-15)33-5-2/h7-10,16,29H,4-6,11-14H2,1-3H3/p+1/t16-/m1/s1. The van der Waals surface area contributed by atoms with E-state index in [1.807, 2.05) is 43.0 Å². The quantitative estimate of drug-likeness (QED) is 0.279. The van der Waals surface area contributed by atoms with Crippen LogP contribution in [0.1, 0.15) is 26.7 Å². The molecular formula is C23H30N5O6+. The summed E-state index contributed by atoms with van der Waals surface area (Å²) in [6, 6.07) is 7.39. The van der Waals surface area contributed by atoms with Gasteiger partial charge in [0.05, 0.1) is 13.2 Å². The predicted molar refractivity (Wildman–Crippen MR) is 124 cm³/mol. The molecule has 1 atom stereocenters. The van der Waals surface area contributed by atoms with E-state index in [0.29, 0.717) is 31.2 Å². The van der Waals surface area contributed by atoms with Gasteiger partial charge in [-0.25, -0.2) is 23.8 Å². The number of carbonyl (C=O) groups is 1. The van der Waals surface area contributed by atoms with Gasteiger partial charge in [0.2, 0.25) is 11.2 Å². The van der Waals surface area contributed by atoms with E-state index in [-0.39, 0.29) is 18.7 Å². The molecule has 1 aliphatic heterocycles. The van der Waals surface area contributed by atoms with E-state index < -0.39 is 29.9 Å². The van der Waals surface area contributed by atoms with Gasteiger partial charge in [0.25, 0.3) is 5.56 Å². The number of H-pyrrole nitrogens is 1. The van der Waals surface area contributed by atoms with Gasteiger partial charge in [-0.15, -0.1) is 0 Å². The van der Waals surface area contributed by atoms with Crippen LogP contribution in [0.25, 0.3) is 11.2 Å². The topological polar surface area (TPSA) is 123 Å². The highest BCUT2D eigenvalue weighted by molar-refractivity contribution is 5.72. The second kappa shape index (κ2) is 9.72. The number of nitrogens with zero attached hydrogens (tertiary/aromatic N) is 4. The Labute approximate surface area is 195 Å². The lowest BCUT2D eigenvalue weighted by atomic mass is 10.2. The summed E-state index contributed by atoms with van der Waals surface area (Å²) in [5, 5.41) is 10.6. The number of nitrogens with one attached hydrogen (secondary N) is 1. The largest absolute Gasteiger partial charge is 0.494 e. The van der Waals surface area contributed by atoms with Gasteiger partial charge in [0.1, 0.15) is 37.2 Å². The number of hydrogen-bond donors (Lipinski definition) is 2. The lowest BCUT2D eigenvalue weighted by Crippen LogP contribution is -2.55. The predicted octanol–water partition coefficient (Wildman–Crippen LogP) is 0.570. The number of fused-ring (bicyclic) bond motifs is 3. The molecule has 0 fully saturated rings. The van der Waals surface area contributed by atoms with Crippen LogP contribution >= 0.6 is 0 Å². The summed E-state index contributed by atoms with van der Waals surface area (Å²) in [5.74, 6) is 0.640. The Bertz CT molecular complexity index is 1310. The number of aromatic amines is 1. The first-order valence-corrected chi connectivity index (χ1v) is 11.4. The summed E-state index contributed by atoms with van der Waals surface area (Å²) in [7, 11) is 1.53. The maximum Gasteiger partial charge on any atom is 0.364 e. The molecule has 2 aromatic heterocycles. The number of aliphatic hydroxyl groups is 1. The molecular weight excluding hydrogens is 442 g/mol. The van der Waals surface area contributed by atoms with Crippen molar-refractivity contribution in [2.45, 2.75) is 45.9 Å². The first kappa shape index (κ1) is 23.6. The van der Waals surface area contributed by atoms with Crippen molar-refractivity contribution in [1.29, 1.82) is 0 Å². The van der Waals surface area contributed by atoms with Gasteiger partial charge in [0.15, 0.2) is 0 Å². The molecule has 182 valence electrons. The zero-order chi connectivity index (χ0) is 24.4. The van der Waals surface area contributed by atoms with Crippen LogP contribution in [-0.4, -0.2) is 51.1 Å². The van der Waals surface area contributed by atoms with Crippen LogP contribution in [-0.2, 0) is 29.7 Å². The first-order chi connectivity index (χ1) is 16.3. The third-order valence-corrected chi connectivity index (χ3v) is 5.83. The SMILES string of the molecule is CCCCOC(=O)Cn1c(=O)c2c([nH]c3[n+]2C[C@H](O)CN3c2ccc(OCC)cc2)n(C)c1=O. The number of hydrogen-bond acceptors (Lipinski definition) is 7. The molecule has 0 radical (unpaired) electrons. The Hall–Kier alpha value is -3.60. The summed E-state index contributed by atoms with van der Waals surface area (Å²) in [4.78, 5) is 43.5. The fourth-order valence-electron chi connectivity index (χ4n) is 4.14. The van der Waals surface area contributed by atoms with Crippen LogP contribution in [0.4, 0.5) is 11.6 Å². The van der Waals surface area contributed by atoms with Gasteiger partial charge in [-0.3, -0.25) is 14.2 Å². The number of ether oxygens (including phenoxy) is 2. The molecule has 0 unspecified atom stereocenters. The van der Waals surface area contributed by atoms with E-state index in [2.05, 4.69) is 4.98 Å². The first-order valence-electron chi connectivity index (χ1n) is 11.4. The molecule has 2 N–H and O–H groups in total. The van der Waals surface area contributed by atoms with Gasteiger partial charge < -0.3 is 14.6 Å². The molecule has 11 nitrogen and oxygen atoms in total. The number of rotatable bonds is 8. The third kappa shape index (κ3) is 4.30. The van der Waals surface area contributed by atoms with Crippen molar-refractivity contribution in [1.82, 2.24) is 14.1 Å². The van der Waals surface area contributed by atoms with E-state index in [1.165, 1.54) is 11.6 Å². The fraction of sp³-hybridized carbons (Fsp3) is 0.478. The summed E-state index contributed by atoms with van der Waals surface area (Å²) in [5.41, 5.74) is 0.0530. The van der Waals surface area contributed by atoms with E-state index in [9.17, 15) is 19.5 Å². The average Bonchev–Trinajstić information content (AvgIpc) is 3.20. The minimum atomic E-state index is -0.757. The Balaban J connectivity index is 1.78. The Kier molecular flexibility index (Phi) is 6.73. The van der Waals surface area contributed by atoms with Gasteiger partial charge in [0, 0.05) is 7.05 Å². The minimum Gasteiger partial charge on any atom is -0.494 e. The average molecular weight is 473 g/mol. The number of anilines is 2. The van der Waals surface area contributed by atoms with Crippen molar-refractivity contribution in [3.8, 4) is 5.75 Å². The Morgan fingerprint density at radius 2 is 1.97 bits per heavy atom. The van der Waals surface area contributed by atoms with Gasteiger partial charge in [-0.1, -0.05) is 13.3 Å². The van der Waals surface area contributed by atoms with Crippen molar-refractivity contribution >= 4 is 28.8 Å². The van der Waals surface area contributed by atoms with Crippen molar-refractivity contribution in [2.24, 2.45) is 7.05 Å².